The number of allylic oxidation sites excluding steroid dienone is 3. The molecule has 3 heteroatoms. The van der Waals surface area contributed by atoms with Crippen LogP contribution in [0.15, 0.2) is 54.3 Å². The largest absolute Gasteiger partial charge is 0.498 e. The molecule has 154 valence electrons. The Labute approximate surface area is 175 Å². The van der Waals surface area contributed by atoms with E-state index in [9.17, 15) is 0 Å². The first-order chi connectivity index (χ1) is 14.3. The van der Waals surface area contributed by atoms with Gasteiger partial charge < -0.3 is 14.2 Å². The van der Waals surface area contributed by atoms with Crippen molar-refractivity contribution in [3.63, 3.8) is 0 Å². The summed E-state index contributed by atoms with van der Waals surface area (Å²) in [6.45, 7) is 6.87. The van der Waals surface area contributed by atoms with E-state index in [1.54, 1.807) is 0 Å². The average Bonchev–Trinajstić information content (AvgIpc) is 3.04. The minimum atomic E-state index is 0.119. The van der Waals surface area contributed by atoms with Crippen molar-refractivity contribution >= 4 is 10.9 Å². The number of nitrogens with zero attached hydrogens (tertiary/aromatic N) is 2. The summed E-state index contributed by atoms with van der Waals surface area (Å²) in [5.41, 5.74) is 2.98. The van der Waals surface area contributed by atoms with Gasteiger partial charge in [-0.15, -0.1) is 0 Å². The highest BCUT2D eigenvalue weighted by atomic mass is 16.5. The molecule has 2 aliphatic carbocycles. The fraction of sp³-hybridized carbons (Fsp3) is 0.538. The summed E-state index contributed by atoms with van der Waals surface area (Å²) in [6.07, 6.45) is 15.6. The molecule has 1 aromatic heterocycles. The molecular weight excluding hydrogens is 356 g/mol. The Morgan fingerprint density at radius 2 is 2.03 bits per heavy atom. The SMILES string of the molecule is CCCc1cc2ccccc2n1C12C=CCC(OCCCN3CCCC3)=CC1C2. The molecule has 1 aliphatic heterocycles. The zero-order chi connectivity index (χ0) is 19.7. The van der Waals surface area contributed by atoms with E-state index in [0.717, 1.165) is 25.9 Å². The minimum absolute atomic E-state index is 0.119. The Morgan fingerprint density at radius 1 is 1.17 bits per heavy atom. The van der Waals surface area contributed by atoms with Crippen LogP contribution in [0.2, 0.25) is 0 Å². The summed E-state index contributed by atoms with van der Waals surface area (Å²) in [7, 11) is 0. The van der Waals surface area contributed by atoms with Crippen LogP contribution >= 0.6 is 0 Å². The van der Waals surface area contributed by atoms with E-state index in [2.05, 4.69) is 65.0 Å². The summed E-state index contributed by atoms with van der Waals surface area (Å²) in [5.74, 6) is 1.74. The summed E-state index contributed by atoms with van der Waals surface area (Å²) in [5, 5.41) is 1.37. The van der Waals surface area contributed by atoms with Crippen LogP contribution in [0.25, 0.3) is 10.9 Å². The molecule has 0 bridgehead atoms. The number of fused-ring (bicyclic) bond motifs is 2. The van der Waals surface area contributed by atoms with Gasteiger partial charge in [0.25, 0.3) is 0 Å². The maximum Gasteiger partial charge on any atom is 0.0961 e. The van der Waals surface area contributed by atoms with E-state index < -0.39 is 0 Å². The molecule has 0 radical (unpaired) electrons. The normalized spacial score (nSPS) is 26.4. The monoisotopic (exact) mass is 390 g/mol. The maximum atomic E-state index is 6.22. The van der Waals surface area contributed by atoms with Gasteiger partial charge in [0.05, 0.1) is 17.9 Å². The van der Waals surface area contributed by atoms with Gasteiger partial charge in [-0.3, -0.25) is 0 Å². The number of benzene rings is 1. The van der Waals surface area contributed by atoms with Crippen LogP contribution in [-0.4, -0.2) is 35.7 Å². The van der Waals surface area contributed by atoms with Crippen molar-refractivity contribution in [2.24, 2.45) is 5.92 Å². The first-order valence-electron chi connectivity index (χ1n) is 11.6. The molecule has 1 saturated heterocycles. The number of aromatic nitrogens is 1. The molecule has 2 fully saturated rings. The smallest absolute Gasteiger partial charge is 0.0961 e. The predicted octanol–water partition coefficient (Wildman–Crippen LogP) is 5.66. The molecule has 5 rings (SSSR count). The van der Waals surface area contributed by atoms with Gasteiger partial charge in [-0.2, -0.15) is 0 Å². The first-order valence-corrected chi connectivity index (χ1v) is 11.6. The molecule has 29 heavy (non-hydrogen) atoms. The molecule has 2 aromatic rings. The quantitative estimate of drug-likeness (QED) is 0.428. The number of ether oxygens (including phenoxy) is 1. The molecule has 2 unspecified atom stereocenters. The third kappa shape index (κ3) is 3.66. The Kier molecular flexibility index (Phi) is 5.26. The molecule has 3 aliphatic rings. The van der Waals surface area contributed by atoms with E-state index in [-0.39, 0.29) is 5.54 Å². The maximum absolute atomic E-state index is 6.22. The lowest BCUT2D eigenvalue weighted by molar-refractivity contribution is 0.186. The highest BCUT2D eigenvalue weighted by Gasteiger charge is 2.54. The fourth-order valence-corrected chi connectivity index (χ4v) is 5.44. The zero-order valence-electron chi connectivity index (χ0n) is 17.8. The minimum Gasteiger partial charge on any atom is -0.498 e. The van der Waals surface area contributed by atoms with Gasteiger partial charge in [0.1, 0.15) is 0 Å². The third-order valence-electron chi connectivity index (χ3n) is 6.96. The van der Waals surface area contributed by atoms with E-state index in [1.165, 1.54) is 67.7 Å². The number of hydrogen-bond acceptors (Lipinski definition) is 2. The summed E-state index contributed by atoms with van der Waals surface area (Å²) >= 11 is 0. The standard InChI is InChI=1S/C26H34N2O/c1-2-9-23-18-21-10-3-4-12-25(21)28(23)26-13-7-11-24(19-22(26)20-26)29-17-8-16-27-14-5-6-15-27/h3-4,7,10,12-13,18-19,22H,2,5-6,8-9,11,14-17,20H2,1H3. The van der Waals surface area contributed by atoms with Crippen molar-refractivity contribution in [1.29, 1.82) is 0 Å². The number of likely N-dealkylation sites (tertiary alicyclic amines) is 1. The predicted molar refractivity (Wildman–Crippen MR) is 120 cm³/mol. The Morgan fingerprint density at radius 3 is 2.90 bits per heavy atom. The molecule has 1 aromatic carbocycles. The van der Waals surface area contributed by atoms with Gasteiger partial charge in [-0.1, -0.05) is 43.7 Å². The topological polar surface area (TPSA) is 17.4 Å². The Bertz CT molecular complexity index is 918. The molecule has 0 N–H and O–H groups in total. The molecular formula is C26H34N2O. The van der Waals surface area contributed by atoms with Gasteiger partial charge >= 0.3 is 0 Å². The highest BCUT2D eigenvalue weighted by Crippen LogP contribution is 2.56. The molecule has 2 atom stereocenters. The Balaban J connectivity index is 1.31. The van der Waals surface area contributed by atoms with E-state index in [4.69, 9.17) is 4.74 Å². The van der Waals surface area contributed by atoms with Crippen LogP contribution in [0.1, 0.15) is 51.1 Å². The van der Waals surface area contributed by atoms with Gasteiger partial charge in [0.2, 0.25) is 0 Å². The van der Waals surface area contributed by atoms with Crippen molar-refractivity contribution in [2.45, 2.75) is 57.4 Å². The molecule has 2 heterocycles. The third-order valence-corrected chi connectivity index (χ3v) is 6.96. The van der Waals surface area contributed by atoms with Gasteiger partial charge in [0, 0.05) is 30.1 Å². The number of rotatable bonds is 8. The van der Waals surface area contributed by atoms with E-state index in [1.807, 2.05) is 0 Å². The van der Waals surface area contributed by atoms with Crippen molar-refractivity contribution in [2.75, 3.05) is 26.2 Å². The van der Waals surface area contributed by atoms with Gasteiger partial charge in [-0.05, 0) is 68.8 Å². The lowest BCUT2D eigenvalue weighted by atomic mass is 10.1. The summed E-state index contributed by atoms with van der Waals surface area (Å²) in [4.78, 5) is 2.57. The van der Waals surface area contributed by atoms with Crippen molar-refractivity contribution in [3.8, 4) is 0 Å². The second-order valence-electron chi connectivity index (χ2n) is 9.07. The number of para-hydroxylation sites is 1. The van der Waals surface area contributed by atoms with Crippen molar-refractivity contribution < 1.29 is 4.74 Å². The fourth-order valence-electron chi connectivity index (χ4n) is 5.44. The van der Waals surface area contributed by atoms with Crippen molar-refractivity contribution in [3.05, 3.63) is 60.0 Å². The molecule has 0 amide bonds. The van der Waals surface area contributed by atoms with Crippen LogP contribution in [0, 0.1) is 5.92 Å². The first kappa shape index (κ1) is 19.0. The van der Waals surface area contributed by atoms with Gasteiger partial charge in [-0.25, -0.2) is 0 Å². The van der Waals surface area contributed by atoms with Crippen LogP contribution in [0.5, 0.6) is 0 Å². The zero-order valence-corrected chi connectivity index (χ0v) is 17.8. The highest BCUT2D eigenvalue weighted by molar-refractivity contribution is 5.82. The van der Waals surface area contributed by atoms with Gasteiger partial charge in [0.15, 0.2) is 0 Å². The number of aryl methyl sites for hydroxylation is 1. The van der Waals surface area contributed by atoms with Crippen LogP contribution in [0.3, 0.4) is 0 Å². The van der Waals surface area contributed by atoms with E-state index in [0.29, 0.717) is 5.92 Å². The molecule has 0 spiro atoms. The summed E-state index contributed by atoms with van der Waals surface area (Å²) in [6, 6.07) is 11.3. The van der Waals surface area contributed by atoms with Crippen molar-refractivity contribution in [1.82, 2.24) is 9.47 Å². The molecule has 1 saturated carbocycles. The van der Waals surface area contributed by atoms with Crippen LogP contribution in [0.4, 0.5) is 0 Å². The Hall–Kier alpha value is -2.00. The number of hydrogen-bond donors (Lipinski definition) is 0. The summed E-state index contributed by atoms with van der Waals surface area (Å²) < 4.78 is 8.86. The molecule has 3 nitrogen and oxygen atoms in total. The second kappa shape index (κ2) is 8.02. The second-order valence-corrected chi connectivity index (χ2v) is 9.07. The average molecular weight is 391 g/mol. The lowest BCUT2D eigenvalue weighted by Crippen LogP contribution is -2.21. The van der Waals surface area contributed by atoms with Crippen LogP contribution < -0.4 is 0 Å². The van der Waals surface area contributed by atoms with E-state index >= 15 is 0 Å². The van der Waals surface area contributed by atoms with Crippen LogP contribution in [-0.2, 0) is 16.7 Å². The lowest BCUT2D eigenvalue weighted by Gasteiger charge is -2.20.